The summed E-state index contributed by atoms with van der Waals surface area (Å²) in [6.07, 6.45) is 2.60. The molecule has 0 spiro atoms. The Morgan fingerprint density at radius 1 is 0.895 bits per heavy atom. The van der Waals surface area contributed by atoms with E-state index >= 15 is 0 Å². The zero-order chi connectivity index (χ0) is 27.7. The number of hydrogen-bond donors (Lipinski definition) is 6. The van der Waals surface area contributed by atoms with Crippen molar-refractivity contribution in [2.45, 2.75) is 51.2 Å². The van der Waals surface area contributed by atoms with E-state index in [9.17, 15) is 24.3 Å². The molecule has 202 valence electrons. The molecule has 1 aromatic heterocycles. The van der Waals surface area contributed by atoms with E-state index in [4.69, 9.17) is 5.73 Å². The van der Waals surface area contributed by atoms with E-state index < -0.39 is 41.8 Å². The number of aromatic nitrogens is 1. The molecule has 3 aromatic rings. The third kappa shape index (κ3) is 7.42. The number of aliphatic carboxylic acids is 1. The topological polar surface area (TPSA) is 166 Å². The fourth-order valence-corrected chi connectivity index (χ4v) is 4.25. The van der Waals surface area contributed by atoms with Crippen LogP contribution < -0.4 is 21.7 Å². The first-order valence-electron chi connectivity index (χ1n) is 12.6. The lowest BCUT2D eigenvalue weighted by Gasteiger charge is -2.26. The average molecular weight is 522 g/mol. The van der Waals surface area contributed by atoms with Crippen molar-refractivity contribution in [3.63, 3.8) is 0 Å². The molecule has 0 fully saturated rings. The zero-order valence-corrected chi connectivity index (χ0v) is 21.6. The Kier molecular flexibility index (Phi) is 10.0. The molecule has 0 saturated heterocycles. The van der Waals surface area contributed by atoms with Crippen LogP contribution in [-0.4, -0.2) is 58.5 Å². The molecule has 0 saturated carbocycles. The maximum Gasteiger partial charge on any atom is 0.326 e. The van der Waals surface area contributed by atoms with Crippen LogP contribution >= 0.6 is 0 Å². The second kappa shape index (κ2) is 13.4. The number of carboxylic acid groups (broad SMARTS) is 1. The Morgan fingerprint density at radius 3 is 2.18 bits per heavy atom. The van der Waals surface area contributed by atoms with E-state index in [-0.39, 0.29) is 25.3 Å². The minimum atomic E-state index is -1.15. The normalized spacial score (nSPS) is 14.2. The average Bonchev–Trinajstić information content (AvgIpc) is 3.33. The molecule has 0 bridgehead atoms. The summed E-state index contributed by atoms with van der Waals surface area (Å²) in [6, 6.07) is 13.5. The number of H-pyrrole nitrogens is 1. The third-order valence-electron chi connectivity index (χ3n) is 6.63. The summed E-state index contributed by atoms with van der Waals surface area (Å²) in [6.45, 7) is 3.28. The van der Waals surface area contributed by atoms with Gasteiger partial charge in [0.2, 0.25) is 17.7 Å². The number of aromatic amines is 1. The predicted octanol–water partition coefficient (Wildman–Crippen LogP) is 1.50. The van der Waals surface area contributed by atoms with Gasteiger partial charge in [0.05, 0.1) is 6.54 Å². The fraction of sp³-hybridized carbons (Fsp3) is 0.357. The van der Waals surface area contributed by atoms with Gasteiger partial charge < -0.3 is 31.8 Å². The van der Waals surface area contributed by atoms with Crippen molar-refractivity contribution in [2.75, 3.05) is 6.54 Å². The highest BCUT2D eigenvalue weighted by Crippen LogP contribution is 2.20. The van der Waals surface area contributed by atoms with Crippen molar-refractivity contribution in [3.05, 3.63) is 71.9 Å². The molecule has 38 heavy (non-hydrogen) atoms. The quantitative estimate of drug-likeness (QED) is 0.199. The van der Waals surface area contributed by atoms with Crippen LogP contribution in [0.2, 0.25) is 0 Å². The molecule has 7 N–H and O–H groups in total. The van der Waals surface area contributed by atoms with Crippen molar-refractivity contribution in [1.29, 1.82) is 0 Å². The van der Waals surface area contributed by atoms with Crippen LogP contribution in [0.15, 0.2) is 60.8 Å². The first-order chi connectivity index (χ1) is 18.2. The van der Waals surface area contributed by atoms with Crippen LogP contribution in [0.1, 0.15) is 31.4 Å². The summed E-state index contributed by atoms with van der Waals surface area (Å²) in [5.74, 6) is -3.19. The molecule has 3 amide bonds. The lowest BCUT2D eigenvalue weighted by molar-refractivity contribution is -0.143. The lowest BCUT2D eigenvalue weighted by Crippen LogP contribution is -2.58. The highest BCUT2D eigenvalue weighted by molar-refractivity contribution is 5.94. The number of nitrogens with two attached hydrogens (primary N) is 1. The van der Waals surface area contributed by atoms with Crippen molar-refractivity contribution in [1.82, 2.24) is 20.9 Å². The Labute approximate surface area is 221 Å². The van der Waals surface area contributed by atoms with Gasteiger partial charge >= 0.3 is 5.97 Å². The first-order valence-corrected chi connectivity index (χ1v) is 12.6. The van der Waals surface area contributed by atoms with Crippen molar-refractivity contribution < 1.29 is 24.3 Å². The Bertz CT molecular complexity index is 1260. The van der Waals surface area contributed by atoms with Crippen LogP contribution in [0.5, 0.6) is 0 Å². The third-order valence-corrected chi connectivity index (χ3v) is 6.63. The van der Waals surface area contributed by atoms with Crippen LogP contribution in [0.3, 0.4) is 0 Å². The number of fused-ring (bicyclic) bond motifs is 1. The number of benzene rings is 2. The van der Waals surface area contributed by atoms with E-state index in [1.165, 1.54) is 0 Å². The van der Waals surface area contributed by atoms with E-state index in [1.807, 2.05) is 61.5 Å². The van der Waals surface area contributed by atoms with Crippen molar-refractivity contribution in [3.8, 4) is 0 Å². The minimum Gasteiger partial charge on any atom is -0.480 e. The smallest absolute Gasteiger partial charge is 0.326 e. The van der Waals surface area contributed by atoms with Gasteiger partial charge in [-0.2, -0.15) is 0 Å². The molecule has 4 atom stereocenters. The molecular weight excluding hydrogens is 486 g/mol. The maximum atomic E-state index is 13.4. The molecule has 3 rings (SSSR count). The summed E-state index contributed by atoms with van der Waals surface area (Å²) < 4.78 is 0. The van der Waals surface area contributed by atoms with Gasteiger partial charge in [-0.25, -0.2) is 4.79 Å². The van der Waals surface area contributed by atoms with Gasteiger partial charge in [-0.05, 0) is 23.1 Å². The number of nitrogens with one attached hydrogen (secondary N) is 4. The highest BCUT2D eigenvalue weighted by atomic mass is 16.4. The van der Waals surface area contributed by atoms with Gasteiger partial charge in [-0.3, -0.25) is 14.4 Å². The molecule has 0 aliphatic heterocycles. The Balaban J connectivity index is 1.89. The molecule has 1 heterocycles. The van der Waals surface area contributed by atoms with Crippen molar-refractivity contribution >= 4 is 34.6 Å². The van der Waals surface area contributed by atoms with Gasteiger partial charge in [0, 0.05) is 29.9 Å². The number of rotatable bonds is 13. The molecule has 10 nitrogen and oxygen atoms in total. The van der Waals surface area contributed by atoms with Crippen LogP contribution in [0.25, 0.3) is 10.9 Å². The molecular formula is C28H35N5O5. The molecule has 10 heteroatoms. The van der Waals surface area contributed by atoms with Gasteiger partial charge in [-0.1, -0.05) is 68.8 Å². The molecule has 0 aliphatic carbocycles. The Hall–Kier alpha value is -4.18. The van der Waals surface area contributed by atoms with E-state index in [1.54, 1.807) is 13.1 Å². The summed E-state index contributed by atoms with van der Waals surface area (Å²) in [4.78, 5) is 54.0. The molecule has 0 radical (unpaired) electrons. The van der Waals surface area contributed by atoms with Gasteiger partial charge in [0.15, 0.2) is 0 Å². The maximum absolute atomic E-state index is 13.4. The first kappa shape index (κ1) is 28.4. The van der Waals surface area contributed by atoms with Gasteiger partial charge in [0.25, 0.3) is 0 Å². The predicted molar refractivity (Wildman–Crippen MR) is 144 cm³/mol. The largest absolute Gasteiger partial charge is 0.480 e. The number of carbonyl (C=O) groups excluding carboxylic acids is 3. The summed E-state index contributed by atoms with van der Waals surface area (Å²) >= 11 is 0. The fourth-order valence-electron chi connectivity index (χ4n) is 4.25. The van der Waals surface area contributed by atoms with Crippen LogP contribution in [0.4, 0.5) is 0 Å². The summed E-state index contributed by atoms with van der Waals surface area (Å²) in [5.41, 5.74) is 7.92. The number of carboxylic acids is 1. The number of hydrogen-bond acceptors (Lipinski definition) is 5. The highest BCUT2D eigenvalue weighted by Gasteiger charge is 2.32. The van der Waals surface area contributed by atoms with Crippen LogP contribution in [-0.2, 0) is 32.0 Å². The van der Waals surface area contributed by atoms with Crippen molar-refractivity contribution in [2.24, 2.45) is 11.7 Å². The summed E-state index contributed by atoms with van der Waals surface area (Å²) in [5, 5.41) is 18.6. The SMILES string of the molecule is CC[C@H](C)[C@H](NC(=O)[C@H](Cc1c[nH]c2ccccc12)NC(=O)[C@H](Cc1ccccc1)NC(=O)CN)C(=O)O. The van der Waals surface area contributed by atoms with Gasteiger partial charge in [0.1, 0.15) is 18.1 Å². The molecule has 0 aliphatic rings. The second-order valence-corrected chi connectivity index (χ2v) is 9.35. The lowest BCUT2D eigenvalue weighted by atomic mass is 9.97. The number of amides is 3. The van der Waals surface area contributed by atoms with E-state index in [0.717, 1.165) is 22.0 Å². The monoisotopic (exact) mass is 521 g/mol. The standard InChI is InChI=1S/C28H35N5O5/c1-3-17(2)25(28(37)38)33-27(36)23(14-19-16-30-21-12-8-7-11-20(19)21)32-26(35)22(31-24(34)15-29)13-18-9-5-4-6-10-18/h4-12,16-17,22-23,25,30H,3,13-15,29H2,1-2H3,(H,31,34)(H,32,35)(H,33,36)(H,37,38)/t17-,22-,23-,25-/m0/s1. The van der Waals surface area contributed by atoms with Crippen LogP contribution in [0, 0.1) is 5.92 Å². The number of carbonyl (C=O) groups is 4. The Morgan fingerprint density at radius 2 is 1.53 bits per heavy atom. The number of para-hydroxylation sites is 1. The zero-order valence-electron chi connectivity index (χ0n) is 21.6. The molecule has 0 unspecified atom stereocenters. The van der Waals surface area contributed by atoms with Gasteiger partial charge in [-0.15, -0.1) is 0 Å². The van der Waals surface area contributed by atoms with E-state index in [0.29, 0.717) is 6.42 Å². The second-order valence-electron chi connectivity index (χ2n) is 9.35. The van der Waals surface area contributed by atoms with E-state index in [2.05, 4.69) is 20.9 Å². The molecule has 2 aromatic carbocycles. The summed E-state index contributed by atoms with van der Waals surface area (Å²) in [7, 11) is 0. The minimum absolute atomic E-state index is 0.108.